The van der Waals surface area contributed by atoms with Gasteiger partial charge in [0.1, 0.15) is 0 Å². The Hall–Kier alpha value is -3.35. The van der Waals surface area contributed by atoms with Crippen LogP contribution < -0.4 is 10.1 Å². The number of nitrogens with zero attached hydrogens (tertiary/aromatic N) is 1. The number of hydrogen-bond donors (Lipinski definition) is 1. The maximum Gasteiger partial charge on any atom is 0.573 e. The van der Waals surface area contributed by atoms with Crippen molar-refractivity contribution in [2.24, 2.45) is 0 Å². The molecule has 0 unspecified atom stereocenters. The summed E-state index contributed by atoms with van der Waals surface area (Å²) in [4.78, 5) is 16.4. The number of carbonyl (C=O) groups is 1. The second-order valence-corrected chi connectivity index (χ2v) is 5.29. The quantitative estimate of drug-likeness (QED) is 0.683. The summed E-state index contributed by atoms with van der Waals surface area (Å²) in [5.41, 5.74) is 1.37. The van der Waals surface area contributed by atoms with E-state index in [0.29, 0.717) is 0 Å². The summed E-state index contributed by atoms with van der Waals surface area (Å²) in [5, 5.41) is 3.30. The van der Waals surface area contributed by atoms with Crippen LogP contribution in [0.5, 0.6) is 5.75 Å². The molecule has 0 saturated heterocycles. The van der Waals surface area contributed by atoms with Crippen molar-refractivity contribution in [3.05, 3.63) is 72.4 Å². The van der Waals surface area contributed by atoms with Crippen LogP contribution in [0.15, 0.2) is 66.9 Å². The van der Waals surface area contributed by atoms with E-state index in [1.807, 2.05) is 18.2 Å². The Balaban J connectivity index is 1.78. The van der Waals surface area contributed by atoms with E-state index in [9.17, 15) is 18.0 Å². The number of anilines is 1. The van der Waals surface area contributed by atoms with Crippen molar-refractivity contribution >= 4 is 28.6 Å². The number of halogens is 3. The van der Waals surface area contributed by atoms with Gasteiger partial charge in [-0.2, -0.15) is 0 Å². The summed E-state index contributed by atoms with van der Waals surface area (Å²) in [6.45, 7) is 0. The summed E-state index contributed by atoms with van der Waals surface area (Å²) in [6.07, 6.45) is -0.415. The number of alkyl halides is 3. The SMILES string of the molecule is O=C(/C=C/c1cccc2cccnc12)Nc1ccccc1OC(F)(F)F. The van der Waals surface area contributed by atoms with E-state index in [4.69, 9.17) is 0 Å². The predicted octanol–water partition coefficient (Wildman–Crippen LogP) is 4.79. The van der Waals surface area contributed by atoms with E-state index in [-0.39, 0.29) is 5.69 Å². The second kappa shape index (κ2) is 7.26. The average molecular weight is 358 g/mol. The number of carbonyl (C=O) groups excluding carboxylic acids is 1. The fourth-order valence-electron chi connectivity index (χ4n) is 2.39. The summed E-state index contributed by atoms with van der Waals surface area (Å²) >= 11 is 0. The third kappa shape index (κ3) is 4.38. The summed E-state index contributed by atoms with van der Waals surface area (Å²) in [6, 6.07) is 14.5. The van der Waals surface area contributed by atoms with Crippen molar-refractivity contribution in [1.82, 2.24) is 4.98 Å². The largest absolute Gasteiger partial charge is 0.573 e. The third-order valence-corrected chi connectivity index (χ3v) is 3.45. The van der Waals surface area contributed by atoms with Crippen molar-refractivity contribution in [3.8, 4) is 5.75 Å². The smallest absolute Gasteiger partial charge is 0.404 e. The predicted molar refractivity (Wildman–Crippen MR) is 92.5 cm³/mol. The van der Waals surface area contributed by atoms with Gasteiger partial charge in [-0.05, 0) is 24.3 Å². The molecular weight excluding hydrogens is 345 g/mol. The van der Waals surface area contributed by atoms with Gasteiger partial charge in [0, 0.05) is 23.2 Å². The van der Waals surface area contributed by atoms with Gasteiger partial charge in [-0.1, -0.05) is 36.4 Å². The lowest BCUT2D eigenvalue weighted by Crippen LogP contribution is -2.19. The Kier molecular flexibility index (Phi) is 4.88. The zero-order chi connectivity index (χ0) is 18.6. The lowest BCUT2D eigenvalue weighted by Gasteiger charge is -2.13. The van der Waals surface area contributed by atoms with Crippen molar-refractivity contribution in [2.45, 2.75) is 6.36 Å². The van der Waals surface area contributed by atoms with E-state index in [2.05, 4.69) is 15.0 Å². The molecule has 0 aliphatic rings. The minimum atomic E-state index is -4.84. The number of aromatic nitrogens is 1. The standard InChI is InChI=1S/C19H13F3N2O2/c20-19(21,22)26-16-9-2-1-8-15(16)24-17(25)11-10-14-6-3-5-13-7-4-12-23-18(13)14/h1-12H,(H,24,25)/b11-10+. The minimum Gasteiger partial charge on any atom is -0.404 e. The molecule has 3 aromatic rings. The van der Waals surface area contributed by atoms with Crippen LogP contribution in [0.3, 0.4) is 0 Å². The molecule has 26 heavy (non-hydrogen) atoms. The van der Waals surface area contributed by atoms with Crippen molar-refractivity contribution in [2.75, 3.05) is 5.32 Å². The highest BCUT2D eigenvalue weighted by Crippen LogP contribution is 2.30. The minimum absolute atomic E-state index is 0.0736. The molecule has 1 heterocycles. The Morgan fingerprint density at radius 2 is 1.81 bits per heavy atom. The molecule has 0 aliphatic carbocycles. The van der Waals surface area contributed by atoms with Crippen LogP contribution in [0.4, 0.5) is 18.9 Å². The first-order valence-corrected chi connectivity index (χ1v) is 7.60. The first-order valence-electron chi connectivity index (χ1n) is 7.60. The molecule has 2 aromatic carbocycles. The molecule has 1 amide bonds. The number of pyridine rings is 1. The zero-order valence-electron chi connectivity index (χ0n) is 13.3. The average Bonchev–Trinajstić information content (AvgIpc) is 2.60. The van der Waals surface area contributed by atoms with E-state index in [1.165, 1.54) is 24.3 Å². The number of fused-ring (bicyclic) bond motifs is 1. The molecule has 0 saturated carbocycles. The number of hydrogen-bond acceptors (Lipinski definition) is 3. The topological polar surface area (TPSA) is 51.2 Å². The van der Waals surface area contributed by atoms with Crippen LogP contribution in [-0.2, 0) is 4.79 Å². The number of rotatable bonds is 4. The van der Waals surface area contributed by atoms with E-state index < -0.39 is 18.0 Å². The van der Waals surface area contributed by atoms with Crippen molar-refractivity contribution in [1.29, 1.82) is 0 Å². The van der Waals surface area contributed by atoms with Gasteiger partial charge in [0.05, 0.1) is 11.2 Å². The molecule has 3 rings (SSSR count). The molecule has 0 fully saturated rings. The van der Waals surface area contributed by atoms with E-state index >= 15 is 0 Å². The highest BCUT2D eigenvalue weighted by atomic mass is 19.4. The highest BCUT2D eigenvalue weighted by molar-refractivity contribution is 6.03. The monoisotopic (exact) mass is 358 g/mol. The lowest BCUT2D eigenvalue weighted by atomic mass is 10.1. The van der Waals surface area contributed by atoms with Gasteiger partial charge >= 0.3 is 6.36 Å². The van der Waals surface area contributed by atoms with E-state index in [0.717, 1.165) is 22.5 Å². The molecule has 0 radical (unpaired) electrons. The summed E-state index contributed by atoms with van der Waals surface area (Å²) < 4.78 is 41.2. The van der Waals surface area contributed by atoms with Crippen molar-refractivity contribution in [3.63, 3.8) is 0 Å². The van der Waals surface area contributed by atoms with Crippen LogP contribution in [0.1, 0.15) is 5.56 Å². The normalized spacial score (nSPS) is 11.7. The van der Waals surface area contributed by atoms with Gasteiger partial charge in [-0.15, -0.1) is 13.2 Å². The zero-order valence-corrected chi connectivity index (χ0v) is 13.3. The van der Waals surface area contributed by atoms with Crippen LogP contribution in [0.2, 0.25) is 0 Å². The number of para-hydroxylation sites is 3. The first-order chi connectivity index (χ1) is 12.4. The molecule has 0 aliphatic heterocycles. The molecule has 0 spiro atoms. The summed E-state index contributed by atoms with van der Waals surface area (Å²) in [7, 11) is 0. The maximum atomic E-state index is 12.4. The number of benzene rings is 2. The number of amides is 1. The first kappa shape index (κ1) is 17.5. The molecule has 7 heteroatoms. The Labute approximate surface area is 146 Å². The second-order valence-electron chi connectivity index (χ2n) is 5.29. The van der Waals surface area contributed by atoms with Gasteiger partial charge in [0.25, 0.3) is 0 Å². The van der Waals surface area contributed by atoms with Gasteiger partial charge in [-0.3, -0.25) is 9.78 Å². The highest BCUT2D eigenvalue weighted by Gasteiger charge is 2.32. The molecule has 0 bridgehead atoms. The van der Waals surface area contributed by atoms with E-state index in [1.54, 1.807) is 24.4 Å². The van der Waals surface area contributed by atoms with Gasteiger partial charge in [-0.25, -0.2) is 0 Å². The fourth-order valence-corrected chi connectivity index (χ4v) is 2.39. The van der Waals surface area contributed by atoms with Gasteiger partial charge in [0.15, 0.2) is 5.75 Å². The molecule has 1 aromatic heterocycles. The van der Waals surface area contributed by atoms with Crippen LogP contribution in [0.25, 0.3) is 17.0 Å². The molecule has 132 valence electrons. The van der Waals surface area contributed by atoms with Gasteiger partial charge in [0.2, 0.25) is 5.91 Å². The molecule has 0 atom stereocenters. The Morgan fingerprint density at radius 1 is 1.04 bits per heavy atom. The summed E-state index contributed by atoms with van der Waals surface area (Å²) in [5.74, 6) is -1.07. The molecule has 4 nitrogen and oxygen atoms in total. The Morgan fingerprint density at radius 3 is 2.62 bits per heavy atom. The van der Waals surface area contributed by atoms with Gasteiger partial charge < -0.3 is 10.1 Å². The van der Waals surface area contributed by atoms with Crippen LogP contribution in [-0.4, -0.2) is 17.3 Å². The third-order valence-electron chi connectivity index (χ3n) is 3.45. The fraction of sp³-hybridized carbons (Fsp3) is 0.0526. The van der Waals surface area contributed by atoms with Crippen LogP contribution in [0, 0.1) is 0 Å². The molecular formula is C19H13F3N2O2. The molecule has 1 N–H and O–H groups in total. The number of nitrogens with one attached hydrogen (secondary N) is 1. The maximum absolute atomic E-state index is 12.4. The Bertz CT molecular complexity index is 963. The lowest BCUT2D eigenvalue weighted by molar-refractivity contribution is -0.274. The van der Waals surface area contributed by atoms with Crippen molar-refractivity contribution < 1.29 is 22.7 Å². The number of ether oxygens (including phenoxy) is 1. The van der Waals surface area contributed by atoms with Crippen LogP contribution >= 0.6 is 0 Å².